The Morgan fingerprint density at radius 3 is 2.94 bits per heavy atom. The van der Waals surface area contributed by atoms with E-state index < -0.39 is 5.60 Å². The van der Waals surface area contributed by atoms with Crippen LogP contribution >= 0.6 is 0 Å². The Hall–Kier alpha value is -0.160. The second kappa shape index (κ2) is 7.31. The molecule has 0 aliphatic carbocycles. The predicted molar refractivity (Wildman–Crippen MR) is 70.2 cm³/mol. The smallest absolute Gasteiger partial charge is 0.0765 e. The van der Waals surface area contributed by atoms with Crippen LogP contribution in [0.25, 0.3) is 0 Å². The van der Waals surface area contributed by atoms with Crippen LogP contribution in [0.5, 0.6) is 0 Å². The first-order valence-electron chi connectivity index (χ1n) is 6.64. The molecule has 1 aliphatic rings. The Bertz CT molecular complexity index is 210. The molecular formula is C13H28N2O2. The summed E-state index contributed by atoms with van der Waals surface area (Å²) >= 11 is 0. The van der Waals surface area contributed by atoms with Crippen molar-refractivity contribution in [2.75, 3.05) is 46.9 Å². The van der Waals surface area contributed by atoms with Gasteiger partial charge in [-0.3, -0.25) is 0 Å². The average molecular weight is 244 g/mol. The second-order valence-electron chi connectivity index (χ2n) is 5.64. The molecule has 1 heterocycles. The van der Waals surface area contributed by atoms with Crippen molar-refractivity contribution in [2.24, 2.45) is 5.92 Å². The van der Waals surface area contributed by atoms with Gasteiger partial charge in [0.1, 0.15) is 0 Å². The minimum Gasteiger partial charge on any atom is -0.389 e. The highest BCUT2D eigenvalue weighted by atomic mass is 16.5. The van der Waals surface area contributed by atoms with E-state index in [1.807, 2.05) is 6.92 Å². The van der Waals surface area contributed by atoms with Crippen LogP contribution in [0.1, 0.15) is 26.2 Å². The quantitative estimate of drug-likeness (QED) is 0.692. The number of piperidine rings is 1. The molecule has 1 fully saturated rings. The van der Waals surface area contributed by atoms with Crippen LogP contribution in [0, 0.1) is 5.92 Å². The second-order valence-corrected chi connectivity index (χ2v) is 5.64. The number of hydrogen-bond donors (Lipinski definition) is 2. The minimum atomic E-state index is -0.656. The van der Waals surface area contributed by atoms with E-state index in [0.717, 1.165) is 12.5 Å². The summed E-state index contributed by atoms with van der Waals surface area (Å²) in [5.41, 5.74) is -0.656. The van der Waals surface area contributed by atoms with Crippen LogP contribution in [0.2, 0.25) is 0 Å². The zero-order chi connectivity index (χ0) is 12.7. The van der Waals surface area contributed by atoms with Gasteiger partial charge in [0.2, 0.25) is 0 Å². The molecule has 0 aromatic rings. The van der Waals surface area contributed by atoms with Crippen LogP contribution in [0.3, 0.4) is 0 Å². The maximum Gasteiger partial charge on any atom is 0.0765 e. The summed E-state index contributed by atoms with van der Waals surface area (Å²) in [4.78, 5) is 2.39. The minimum absolute atomic E-state index is 0.612. The van der Waals surface area contributed by atoms with Gasteiger partial charge in [0.25, 0.3) is 0 Å². The molecule has 2 N–H and O–H groups in total. The zero-order valence-corrected chi connectivity index (χ0v) is 11.5. The third-order valence-electron chi connectivity index (χ3n) is 3.51. The van der Waals surface area contributed by atoms with Crippen LogP contribution < -0.4 is 5.32 Å². The van der Waals surface area contributed by atoms with Crippen molar-refractivity contribution in [1.82, 2.24) is 10.2 Å². The molecule has 0 aromatic heterocycles. The van der Waals surface area contributed by atoms with Gasteiger partial charge < -0.3 is 20.1 Å². The van der Waals surface area contributed by atoms with E-state index in [1.165, 1.54) is 25.9 Å². The monoisotopic (exact) mass is 244 g/mol. The molecule has 4 nitrogen and oxygen atoms in total. The molecule has 4 heteroatoms. The lowest BCUT2D eigenvalue weighted by Gasteiger charge is -2.31. The van der Waals surface area contributed by atoms with E-state index in [-0.39, 0.29) is 0 Å². The van der Waals surface area contributed by atoms with Gasteiger partial charge in [-0.25, -0.2) is 0 Å². The van der Waals surface area contributed by atoms with Gasteiger partial charge in [0.15, 0.2) is 0 Å². The third kappa shape index (κ3) is 6.36. The lowest BCUT2D eigenvalue weighted by Crippen LogP contribution is -2.43. The first kappa shape index (κ1) is 14.9. The number of nitrogens with zero attached hydrogens (tertiary/aromatic N) is 1. The topological polar surface area (TPSA) is 44.7 Å². The zero-order valence-electron chi connectivity index (χ0n) is 11.5. The van der Waals surface area contributed by atoms with Crippen LogP contribution in [-0.4, -0.2) is 62.6 Å². The number of methoxy groups -OCH3 is 1. The van der Waals surface area contributed by atoms with Gasteiger partial charge in [0, 0.05) is 33.2 Å². The highest BCUT2D eigenvalue weighted by Gasteiger charge is 2.21. The van der Waals surface area contributed by atoms with E-state index in [9.17, 15) is 5.11 Å². The largest absolute Gasteiger partial charge is 0.389 e. The molecule has 17 heavy (non-hydrogen) atoms. The molecular weight excluding hydrogens is 216 g/mol. The van der Waals surface area contributed by atoms with E-state index >= 15 is 0 Å². The normalized spacial score (nSPS) is 25.8. The molecule has 102 valence electrons. The number of nitrogens with one attached hydrogen (secondary N) is 1. The fraction of sp³-hybridized carbons (Fsp3) is 1.00. The van der Waals surface area contributed by atoms with Crippen LogP contribution in [0.15, 0.2) is 0 Å². The van der Waals surface area contributed by atoms with Gasteiger partial charge in [-0.15, -0.1) is 0 Å². The first-order chi connectivity index (χ1) is 8.03. The summed E-state index contributed by atoms with van der Waals surface area (Å²) in [6, 6.07) is 0. The number of likely N-dealkylation sites (tertiary alicyclic amines) is 1. The molecule has 0 bridgehead atoms. The van der Waals surface area contributed by atoms with E-state index in [1.54, 1.807) is 7.11 Å². The molecule has 0 spiro atoms. The SMILES string of the molecule is COCCC(C)(O)CNCC1CCCN(C)C1. The van der Waals surface area contributed by atoms with Gasteiger partial charge in [-0.1, -0.05) is 0 Å². The Balaban J connectivity index is 2.13. The van der Waals surface area contributed by atoms with Crippen molar-refractivity contribution in [3.05, 3.63) is 0 Å². The fourth-order valence-corrected chi connectivity index (χ4v) is 2.40. The van der Waals surface area contributed by atoms with Crippen molar-refractivity contribution in [1.29, 1.82) is 0 Å². The molecule has 1 saturated heterocycles. The van der Waals surface area contributed by atoms with Gasteiger partial charge in [-0.2, -0.15) is 0 Å². The molecule has 0 aromatic carbocycles. The molecule has 1 aliphatic heterocycles. The van der Waals surface area contributed by atoms with Crippen molar-refractivity contribution in [2.45, 2.75) is 31.8 Å². The summed E-state index contributed by atoms with van der Waals surface area (Å²) in [6.07, 6.45) is 3.28. The van der Waals surface area contributed by atoms with E-state index in [4.69, 9.17) is 4.74 Å². The maximum absolute atomic E-state index is 10.1. The Morgan fingerprint density at radius 2 is 2.29 bits per heavy atom. The van der Waals surface area contributed by atoms with Gasteiger partial charge >= 0.3 is 0 Å². The van der Waals surface area contributed by atoms with E-state index in [0.29, 0.717) is 19.6 Å². The molecule has 0 saturated carbocycles. The number of aliphatic hydroxyl groups is 1. The summed E-state index contributed by atoms with van der Waals surface area (Å²) in [6.45, 7) is 6.53. The van der Waals surface area contributed by atoms with Gasteiger partial charge in [-0.05, 0) is 45.8 Å². The lowest BCUT2D eigenvalue weighted by atomic mass is 9.97. The number of hydrogen-bond acceptors (Lipinski definition) is 4. The number of ether oxygens (including phenoxy) is 1. The Kier molecular flexibility index (Phi) is 6.41. The highest BCUT2D eigenvalue weighted by molar-refractivity contribution is 4.78. The fourth-order valence-electron chi connectivity index (χ4n) is 2.40. The van der Waals surface area contributed by atoms with Gasteiger partial charge in [0.05, 0.1) is 5.60 Å². The molecule has 0 radical (unpaired) electrons. The highest BCUT2D eigenvalue weighted by Crippen LogP contribution is 2.14. The number of rotatable bonds is 7. The summed E-state index contributed by atoms with van der Waals surface area (Å²) in [5, 5.41) is 13.5. The summed E-state index contributed by atoms with van der Waals surface area (Å²) in [5.74, 6) is 0.729. The van der Waals surface area contributed by atoms with Crippen molar-refractivity contribution < 1.29 is 9.84 Å². The van der Waals surface area contributed by atoms with Crippen molar-refractivity contribution in [3.63, 3.8) is 0 Å². The Labute approximate surface area is 105 Å². The molecule has 1 rings (SSSR count). The molecule has 0 amide bonds. The molecule has 2 atom stereocenters. The first-order valence-corrected chi connectivity index (χ1v) is 6.64. The van der Waals surface area contributed by atoms with Crippen LogP contribution in [-0.2, 0) is 4.74 Å². The molecule has 2 unspecified atom stereocenters. The standard InChI is InChI=1S/C13H28N2O2/c1-13(16,6-8-17-3)11-14-9-12-5-4-7-15(2)10-12/h12,14,16H,4-11H2,1-3H3. The summed E-state index contributed by atoms with van der Waals surface area (Å²) in [7, 11) is 3.85. The van der Waals surface area contributed by atoms with Crippen molar-refractivity contribution >= 4 is 0 Å². The van der Waals surface area contributed by atoms with Crippen molar-refractivity contribution in [3.8, 4) is 0 Å². The van der Waals surface area contributed by atoms with Crippen LogP contribution in [0.4, 0.5) is 0 Å². The maximum atomic E-state index is 10.1. The average Bonchev–Trinajstić information content (AvgIpc) is 2.26. The lowest BCUT2D eigenvalue weighted by molar-refractivity contribution is 0.0237. The van der Waals surface area contributed by atoms with E-state index in [2.05, 4.69) is 17.3 Å². The predicted octanol–water partition coefficient (Wildman–Crippen LogP) is 0.705. The third-order valence-corrected chi connectivity index (χ3v) is 3.51. The Morgan fingerprint density at radius 1 is 1.53 bits per heavy atom. The summed E-state index contributed by atoms with van der Waals surface area (Å²) < 4.78 is 4.99.